The predicted molar refractivity (Wildman–Crippen MR) is 149 cm³/mol. The first-order chi connectivity index (χ1) is 18.1. The van der Waals surface area contributed by atoms with Crippen LogP contribution in [-0.4, -0.2) is 28.8 Å². The SMILES string of the molecule is COc1cccc(CN2C(=O)C(O)=C(C(=O)c3cc4cc(Br)ccc4o3)C2c2ccc(C(C)(C)C)cc2)c1. The van der Waals surface area contributed by atoms with Gasteiger partial charge in [-0.3, -0.25) is 9.59 Å². The van der Waals surface area contributed by atoms with Gasteiger partial charge in [0.15, 0.2) is 11.5 Å². The number of ketones is 1. The molecule has 4 aromatic rings. The van der Waals surface area contributed by atoms with E-state index in [2.05, 4.69) is 36.7 Å². The van der Waals surface area contributed by atoms with Gasteiger partial charge in [-0.2, -0.15) is 0 Å². The van der Waals surface area contributed by atoms with Gasteiger partial charge >= 0.3 is 0 Å². The standard InChI is InChI=1S/C31H28BrNO5/c1-31(2,3)21-10-8-19(9-11-21)27-26(28(34)25-16-20-15-22(32)12-13-24(20)38-25)29(35)30(36)33(27)17-18-6-5-7-23(14-18)37-4/h5-16,27,35H,17H2,1-4H3. The molecule has 5 rings (SSSR count). The van der Waals surface area contributed by atoms with Crippen molar-refractivity contribution in [2.45, 2.75) is 38.8 Å². The molecule has 0 spiro atoms. The molecule has 1 unspecified atom stereocenters. The fourth-order valence-corrected chi connectivity index (χ4v) is 5.17. The Morgan fingerprint density at radius 1 is 1.05 bits per heavy atom. The van der Waals surface area contributed by atoms with Gasteiger partial charge in [0.25, 0.3) is 5.91 Å². The molecule has 3 aromatic carbocycles. The minimum absolute atomic E-state index is 0.000438. The Morgan fingerprint density at radius 2 is 1.79 bits per heavy atom. The van der Waals surface area contributed by atoms with Crippen LogP contribution in [0.5, 0.6) is 5.75 Å². The number of hydrogen-bond acceptors (Lipinski definition) is 5. The van der Waals surface area contributed by atoms with E-state index >= 15 is 0 Å². The number of aliphatic hydroxyl groups is 1. The van der Waals surface area contributed by atoms with E-state index in [-0.39, 0.29) is 23.3 Å². The molecule has 1 aliphatic rings. The molecule has 0 fully saturated rings. The van der Waals surface area contributed by atoms with Crippen LogP contribution in [-0.2, 0) is 16.8 Å². The summed E-state index contributed by atoms with van der Waals surface area (Å²) in [7, 11) is 1.58. The summed E-state index contributed by atoms with van der Waals surface area (Å²) in [5.41, 5.74) is 3.13. The summed E-state index contributed by atoms with van der Waals surface area (Å²) >= 11 is 3.44. The maximum atomic E-state index is 13.8. The summed E-state index contributed by atoms with van der Waals surface area (Å²) in [6.07, 6.45) is 0. The highest BCUT2D eigenvalue weighted by Crippen LogP contribution is 2.41. The van der Waals surface area contributed by atoms with E-state index in [1.807, 2.05) is 60.7 Å². The first kappa shape index (κ1) is 25.8. The third-order valence-electron chi connectivity index (χ3n) is 6.83. The highest BCUT2D eigenvalue weighted by atomic mass is 79.9. The second kappa shape index (κ2) is 9.80. The summed E-state index contributed by atoms with van der Waals surface area (Å²) < 4.78 is 12.0. The maximum absolute atomic E-state index is 13.8. The van der Waals surface area contributed by atoms with Crippen molar-refractivity contribution in [2.75, 3.05) is 7.11 Å². The van der Waals surface area contributed by atoms with Crippen LogP contribution in [0.15, 0.2) is 93.0 Å². The number of methoxy groups -OCH3 is 1. The summed E-state index contributed by atoms with van der Waals surface area (Å²) in [5, 5.41) is 11.8. The van der Waals surface area contributed by atoms with Crippen molar-refractivity contribution < 1.29 is 23.8 Å². The van der Waals surface area contributed by atoms with Gasteiger partial charge in [0, 0.05) is 16.4 Å². The third kappa shape index (κ3) is 4.74. The smallest absolute Gasteiger partial charge is 0.290 e. The number of Topliss-reactive ketones (excluding diaryl/α,β-unsaturated/α-hetero) is 1. The van der Waals surface area contributed by atoms with E-state index in [0.717, 1.165) is 26.5 Å². The fourth-order valence-electron chi connectivity index (χ4n) is 4.79. The minimum atomic E-state index is -0.796. The molecular weight excluding hydrogens is 546 g/mol. The second-order valence-electron chi connectivity index (χ2n) is 10.4. The average Bonchev–Trinajstić information content (AvgIpc) is 3.42. The number of carbonyl (C=O) groups excluding carboxylic acids is 2. The molecule has 0 bridgehead atoms. The largest absolute Gasteiger partial charge is 0.503 e. The van der Waals surface area contributed by atoms with E-state index in [9.17, 15) is 14.7 Å². The number of amides is 1. The van der Waals surface area contributed by atoms with Crippen LogP contribution in [0.2, 0.25) is 0 Å². The monoisotopic (exact) mass is 573 g/mol. The Hall–Kier alpha value is -3.84. The van der Waals surface area contributed by atoms with Gasteiger partial charge in [0.05, 0.1) is 18.7 Å². The zero-order valence-corrected chi connectivity index (χ0v) is 23.2. The molecule has 0 radical (unpaired) electrons. The summed E-state index contributed by atoms with van der Waals surface area (Å²) in [6.45, 7) is 6.54. The maximum Gasteiger partial charge on any atom is 0.290 e. The number of furan rings is 1. The molecule has 0 aliphatic carbocycles. The van der Waals surface area contributed by atoms with Gasteiger partial charge in [-0.25, -0.2) is 0 Å². The third-order valence-corrected chi connectivity index (χ3v) is 7.32. The number of fused-ring (bicyclic) bond motifs is 1. The number of ether oxygens (including phenoxy) is 1. The van der Waals surface area contributed by atoms with Crippen LogP contribution in [0.25, 0.3) is 11.0 Å². The van der Waals surface area contributed by atoms with Crippen molar-refractivity contribution in [1.82, 2.24) is 4.90 Å². The topological polar surface area (TPSA) is 80.0 Å². The van der Waals surface area contributed by atoms with E-state index in [4.69, 9.17) is 9.15 Å². The Balaban J connectivity index is 1.59. The molecule has 6 nitrogen and oxygen atoms in total. The number of hydrogen-bond donors (Lipinski definition) is 1. The normalized spacial score (nSPS) is 16.0. The van der Waals surface area contributed by atoms with E-state index in [1.54, 1.807) is 19.2 Å². The lowest BCUT2D eigenvalue weighted by atomic mass is 9.85. The predicted octanol–water partition coefficient (Wildman–Crippen LogP) is 7.28. The van der Waals surface area contributed by atoms with Crippen molar-refractivity contribution in [2.24, 2.45) is 0 Å². The van der Waals surface area contributed by atoms with Gasteiger partial charge in [-0.1, -0.05) is 73.1 Å². The zero-order chi connectivity index (χ0) is 27.2. The number of nitrogens with zero attached hydrogens (tertiary/aromatic N) is 1. The summed E-state index contributed by atoms with van der Waals surface area (Å²) in [5.74, 6) is -0.986. The molecule has 7 heteroatoms. The van der Waals surface area contributed by atoms with Gasteiger partial charge < -0.3 is 19.2 Å². The molecule has 1 aromatic heterocycles. The van der Waals surface area contributed by atoms with Gasteiger partial charge in [-0.05, 0) is 58.5 Å². The molecule has 1 N–H and O–H groups in total. The lowest BCUT2D eigenvalue weighted by Crippen LogP contribution is -2.30. The van der Waals surface area contributed by atoms with Crippen LogP contribution in [0.1, 0.15) is 54.1 Å². The molecule has 1 aliphatic heterocycles. The molecule has 0 saturated heterocycles. The van der Waals surface area contributed by atoms with Crippen molar-refractivity contribution in [3.05, 3.63) is 111 Å². The van der Waals surface area contributed by atoms with Crippen molar-refractivity contribution in [3.8, 4) is 5.75 Å². The second-order valence-corrected chi connectivity index (χ2v) is 11.4. The number of carbonyl (C=O) groups is 2. The molecule has 1 amide bonds. The molecular formula is C31H28BrNO5. The molecule has 38 heavy (non-hydrogen) atoms. The van der Waals surface area contributed by atoms with E-state index < -0.39 is 23.5 Å². The highest BCUT2D eigenvalue weighted by molar-refractivity contribution is 9.10. The molecule has 0 saturated carbocycles. The van der Waals surface area contributed by atoms with E-state index in [0.29, 0.717) is 11.3 Å². The van der Waals surface area contributed by atoms with Crippen LogP contribution in [0, 0.1) is 0 Å². The van der Waals surface area contributed by atoms with Gasteiger partial charge in [-0.15, -0.1) is 0 Å². The number of rotatable bonds is 6. The van der Waals surface area contributed by atoms with Crippen molar-refractivity contribution in [3.63, 3.8) is 0 Å². The number of benzene rings is 3. The van der Waals surface area contributed by atoms with Crippen LogP contribution in [0.4, 0.5) is 0 Å². The van der Waals surface area contributed by atoms with Gasteiger partial charge in [0.1, 0.15) is 11.3 Å². The first-order valence-corrected chi connectivity index (χ1v) is 13.1. The number of halogens is 1. The Morgan fingerprint density at radius 3 is 2.47 bits per heavy atom. The lowest BCUT2D eigenvalue weighted by Gasteiger charge is -2.28. The summed E-state index contributed by atoms with van der Waals surface area (Å²) in [4.78, 5) is 28.8. The molecule has 194 valence electrons. The molecule has 1 atom stereocenters. The number of aliphatic hydroxyl groups excluding tert-OH is 1. The highest BCUT2D eigenvalue weighted by Gasteiger charge is 2.44. The van der Waals surface area contributed by atoms with E-state index in [1.165, 1.54) is 4.90 Å². The van der Waals surface area contributed by atoms with Crippen molar-refractivity contribution >= 4 is 38.6 Å². The van der Waals surface area contributed by atoms with Crippen LogP contribution >= 0.6 is 15.9 Å². The first-order valence-electron chi connectivity index (χ1n) is 12.3. The van der Waals surface area contributed by atoms with Crippen LogP contribution in [0.3, 0.4) is 0 Å². The van der Waals surface area contributed by atoms with Crippen LogP contribution < -0.4 is 4.74 Å². The lowest BCUT2D eigenvalue weighted by molar-refractivity contribution is -0.130. The Kier molecular flexibility index (Phi) is 6.65. The minimum Gasteiger partial charge on any atom is -0.503 e. The summed E-state index contributed by atoms with van der Waals surface area (Å²) in [6, 6.07) is 21.5. The molecule has 2 heterocycles. The fraction of sp³-hybridized carbons (Fsp3) is 0.226. The van der Waals surface area contributed by atoms with Gasteiger partial charge in [0.2, 0.25) is 5.78 Å². The average molecular weight is 574 g/mol. The Labute approximate surface area is 229 Å². The van der Waals surface area contributed by atoms with Crippen molar-refractivity contribution in [1.29, 1.82) is 0 Å². The quantitative estimate of drug-likeness (QED) is 0.245. The Bertz CT molecular complexity index is 1580. The zero-order valence-electron chi connectivity index (χ0n) is 21.6.